The molecule has 1 unspecified atom stereocenters. The fourth-order valence-corrected chi connectivity index (χ4v) is 2.07. The van der Waals surface area contributed by atoms with E-state index >= 15 is 0 Å². The number of hydrogen-bond donors (Lipinski definition) is 1. The van der Waals surface area contributed by atoms with Crippen LogP contribution in [-0.2, 0) is 9.53 Å². The molecule has 2 aliphatic rings. The van der Waals surface area contributed by atoms with E-state index in [2.05, 4.69) is 0 Å². The Morgan fingerprint density at radius 3 is 2.56 bits per heavy atom. The SMILES string of the molecule is CC1=CC(=O)C(C)=C2C=CC(C)(C)OC12O. The van der Waals surface area contributed by atoms with Gasteiger partial charge in [0.1, 0.15) is 0 Å². The topological polar surface area (TPSA) is 46.5 Å². The highest BCUT2D eigenvalue weighted by Gasteiger charge is 2.45. The van der Waals surface area contributed by atoms with Crippen LogP contribution >= 0.6 is 0 Å². The van der Waals surface area contributed by atoms with Gasteiger partial charge < -0.3 is 9.84 Å². The van der Waals surface area contributed by atoms with E-state index in [9.17, 15) is 9.90 Å². The standard InChI is InChI=1S/C13H16O3/c1-8-7-11(14)9(2)10-5-6-12(3,4)16-13(8,10)15/h5-7,15H,1-4H3. The Bertz CT molecular complexity index is 452. The van der Waals surface area contributed by atoms with E-state index in [-0.39, 0.29) is 5.78 Å². The molecule has 86 valence electrons. The van der Waals surface area contributed by atoms with Gasteiger partial charge in [0, 0.05) is 11.1 Å². The molecule has 1 aliphatic heterocycles. The summed E-state index contributed by atoms with van der Waals surface area (Å²) < 4.78 is 5.69. The van der Waals surface area contributed by atoms with E-state index in [1.54, 1.807) is 19.9 Å². The predicted molar refractivity (Wildman–Crippen MR) is 60.7 cm³/mol. The highest BCUT2D eigenvalue weighted by Crippen LogP contribution is 2.41. The summed E-state index contributed by atoms with van der Waals surface area (Å²) in [5.74, 6) is -1.51. The van der Waals surface area contributed by atoms with Crippen LogP contribution < -0.4 is 0 Å². The molecule has 2 rings (SSSR count). The van der Waals surface area contributed by atoms with E-state index in [0.717, 1.165) is 0 Å². The third-order valence-electron chi connectivity index (χ3n) is 3.08. The minimum atomic E-state index is -1.45. The number of ether oxygens (including phenoxy) is 1. The van der Waals surface area contributed by atoms with Crippen LogP contribution in [0.2, 0.25) is 0 Å². The molecule has 0 aromatic heterocycles. The highest BCUT2D eigenvalue weighted by molar-refractivity contribution is 6.06. The molecule has 0 spiro atoms. The van der Waals surface area contributed by atoms with E-state index in [1.165, 1.54) is 6.08 Å². The second-order valence-electron chi connectivity index (χ2n) is 4.91. The summed E-state index contributed by atoms with van der Waals surface area (Å²) in [6.45, 7) is 7.16. The lowest BCUT2D eigenvalue weighted by atomic mass is 9.83. The molecule has 0 aromatic carbocycles. The number of hydrogen-bond acceptors (Lipinski definition) is 3. The molecule has 1 aliphatic carbocycles. The molecule has 16 heavy (non-hydrogen) atoms. The molecule has 0 saturated carbocycles. The van der Waals surface area contributed by atoms with E-state index < -0.39 is 11.4 Å². The zero-order valence-corrected chi connectivity index (χ0v) is 10.00. The minimum absolute atomic E-state index is 0.0647. The van der Waals surface area contributed by atoms with Crippen molar-refractivity contribution in [3.05, 3.63) is 34.9 Å². The molecule has 0 fully saturated rings. The normalized spacial score (nSPS) is 32.6. The van der Waals surface area contributed by atoms with Crippen molar-refractivity contribution >= 4 is 5.78 Å². The van der Waals surface area contributed by atoms with Crippen LogP contribution in [0.1, 0.15) is 27.7 Å². The lowest BCUT2D eigenvalue weighted by Crippen LogP contribution is -2.47. The van der Waals surface area contributed by atoms with E-state index in [0.29, 0.717) is 16.7 Å². The lowest BCUT2D eigenvalue weighted by Gasteiger charge is -2.42. The molecule has 1 heterocycles. The van der Waals surface area contributed by atoms with Gasteiger partial charge in [0.05, 0.1) is 5.60 Å². The van der Waals surface area contributed by atoms with Crippen LogP contribution in [0.4, 0.5) is 0 Å². The Labute approximate surface area is 95.1 Å². The number of rotatable bonds is 0. The summed E-state index contributed by atoms with van der Waals surface area (Å²) in [5.41, 5.74) is 1.10. The van der Waals surface area contributed by atoms with E-state index in [4.69, 9.17) is 4.74 Å². The van der Waals surface area contributed by atoms with Crippen LogP contribution in [0.3, 0.4) is 0 Å². The molecule has 1 N–H and O–H groups in total. The maximum absolute atomic E-state index is 11.6. The number of fused-ring (bicyclic) bond motifs is 1. The Balaban J connectivity index is 2.62. The first-order valence-electron chi connectivity index (χ1n) is 5.32. The van der Waals surface area contributed by atoms with Gasteiger partial charge in [-0.05, 0) is 39.3 Å². The summed E-state index contributed by atoms with van der Waals surface area (Å²) in [6.07, 6.45) is 5.08. The molecule has 1 atom stereocenters. The van der Waals surface area contributed by atoms with Gasteiger partial charge >= 0.3 is 0 Å². The summed E-state index contributed by atoms with van der Waals surface area (Å²) in [6, 6.07) is 0. The first-order chi connectivity index (χ1) is 7.26. The van der Waals surface area contributed by atoms with Crippen molar-refractivity contribution in [2.45, 2.75) is 39.1 Å². The maximum Gasteiger partial charge on any atom is 0.217 e. The number of aliphatic hydroxyl groups is 1. The number of ketones is 1. The summed E-state index contributed by atoms with van der Waals surface area (Å²) in [5, 5.41) is 10.5. The second kappa shape index (κ2) is 3.15. The average Bonchev–Trinajstić information content (AvgIpc) is 2.13. The average molecular weight is 220 g/mol. The second-order valence-corrected chi connectivity index (χ2v) is 4.91. The minimum Gasteiger partial charge on any atom is -0.358 e. The van der Waals surface area contributed by atoms with Gasteiger partial charge in [0.2, 0.25) is 5.79 Å². The maximum atomic E-state index is 11.6. The van der Waals surface area contributed by atoms with Crippen molar-refractivity contribution < 1.29 is 14.6 Å². The van der Waals surface area contributed by atoms with Crippen molar-refractivity contribution in [3.8, 4) is 0 Å². The smallest absolute Gasteiger partial charge is 0.217 e. The molecule has 0 saturated heterocycles. The van der Waals surface area contributed by atoms with Crippen molar-refractivity contribution in [3.63, 3.8) is 0 Å². The largest absolute Gasteiger partial charge is 0.358 e. The first-order valence-corrected chi connectivity index (χ1v) is 5.32. The van der Waals surface area contributed by atoms with Crippen molar-refractivity contribution in [1.29, 1.82) is 0 Å². The Morgan fingerprint density at radius 1 is 1.31 bits per heavy atom. The molecule has 0 radical (unpaired) electrons. The van der Waals surface area contributed by atoms with Gasteiger partial charge in [-0.15, -0.1) is 0 Å². The first kappa shape index (κ1) is 11.3. The van der Waals surface area contributed by atoms with Gasteiger partial charge in [0.15, 0.2) is 5.78 Å². The van der Waals surface area contributed by atoms with Gasteiger partial charge in [-0.25, -0.2) is 0 Å². The van der Waals surface area contributed by atoms with Gasteiger partial charge in [0.25, 0.3) is 0 Å². The molecular formula is C13H16O3. The van der Waals surface area contributed by atoms with E-state index in [1.807, 2.05) is 19.9 Å². The predicted octanol–water partition coefficient (Wildman–Crippen LogP) is 1.89. The van der Waals surface area contributed by atoms with Crippen molar-refractivity contribution in [1.82, 2.24) is 0 Å². The van der Waals surface area contributed by atoms with Crippen LogP contribution in [0.25, 0.3) is 0 Å². The number of carbonyl (C=O) groups excluding carboxylic acids is 1. The lowest BCUT2D eigenvalue weighted by molar-refractivity contribution is -0.200. The quantitative estimate of drug-likeness (QED) is 0.678. The Morgan fingerprint density at radius 2 is 1.94 bits per heavy atom. The van der Waals surface area contributed by atoms with Crippen molar-refractivity contribution in [2.75, 3.05) is 0 Å². The molecule has 0 amide bonds. The summed E-state index contributed by atoms with van der Waals surface area (Å²) >= 11 is 0. The third-order valence-corrected chi connectivity index (χ3v) is 3.08. The highest BCUT2D eigenvalue weighted by atomic mass is 16.6. The van der Waals surface area contributed by atoms with Gasteiger partial charge in [-0.3, -0.25) is 4.79 Å². The van der Waals surface area contributed by atoms with Crippen LogP contribution in [0.5, 0.6) is 0 Å². The molecular weight excluding hydrogens is 204 g/mol. The van der Waals surface area contributed by atoms with Gasteiger partial charge in [-0.2, -0.15) is 0 Å². The monoisotopic (exact) mass is 220 g/mol. The van der Waals surface area contributed by atoms with Gasteiger partial charge in [-0.1, -0.05) is 12.2 Å². The zero-order chi connectivity index (χ0) is 12.1. The van der Waals surface area contributed by atoms with Crippen molar-refractivity contribution in [2.24, 2.45) is 0 Å². The van der Waals surface area contributed by atoms with Crippen LogP contribution in [0.15, 0.2) is 34.9 Å². The fraction of sp³-hybridized carbons (Fsp3) is 0.462. The Kier molecular flexibility index (Phi) is 2.23. The zero-order valence-electron chi connectivity index (χ0n) is 10.00. The third kappa shape index (κ3) is 1.47. The Hall–Kier alpha value is -1.19. The molecule has 3 heteroatoms. The number of allylic oxidation sites excluding steroid dienone is 2. The fourth-order valence-electron chi connectivity index (χ4n) is 2.07. The summed E-state index contributed by atoms with van der Waals surface area (Å²) in [4.78, 5) is 11.6. The summed E-state index contributed by atoms with van der Waals surface area (Å²) in [7, 11) is 0. The molecule has 0 bridgehead atoms. The molecule has 3 nitrogen and oxygen atoms in total. The number of carbonyl (C=O) groups is 1. The molecule has 0 aromatic rings. The van der Waals surface area contributed by atoms with Crippen LogP contribution in [-0.4, -0.2) is 22.3 Å². The van der Waals surface area contributed by atoms with Crippen LogP contribution in [0, 0.1) is 0 Å².